The molecule has 0 fully saturated rings. The van der Waals surface area contributed by atoms with Crippen LogP contribution in [-0.2, 0) is 14.4 Å². The first-order valence-electron chi connectivity index (χ1n) is 8.67. The maximum atomic E-state index is 12.7. The Bertz CT molecular complexity index is 749. The lowest BCUT2D eigenvalue weighted by Gasteiger charge is -2.31. The molecule has 1 aromatic rings. The van der Waals surface area contributed by atoms with Gasteiger partial charge in [0.05, 0.1) is 23.4 Å². The number of rotatable bonds is 6. The molecule has 9 heteroatoms. The van der Waals surface area contributed by atoms with Gasteiger partial charge in [-0.15, -0.1) is 0 Å². The molecule has 2 atom stereocenters. The Kier molecular flexibility index (Phi) is 6.38. The first kappa shape index (κ1) is 20.2. The van der Waals surface area contributed by atoms with E-state index >= 15 is 0 Å². The number of hydrogen-bond acceptors (Lipinski definition) is 5. The Morgan fingerprint density at radius 2 is 1.85 bits per heavy atom. The van der Waals surface area contributed by atoms with Crippen LogP contribution in [0.2, 0.25) is 0 Å². The van der Waals surface area contributed by atoms with Gasteiger partial charge >= 0.3 is 6.03 Å². The van der Waals surface area contributed by atoms with Crippen molar-refractivity contribution in [3.8, 4) is 0 Å². The maximum Gasteiger partial charge on any atom is 0.323 e. The second kappa shape index (κ2) is 8.52. The van der Waals surface area contributed by atoms with Crippen LogP contribution < -0.4 is 26.0 Å². The van der Waals surface area contributed by atoms with E-state index in [9.17, 15) is 24.3 Å². The first-order chi connectivity index (χ1) is 12.7. The number of anilines is 2. The SMILES string of the molecule is CC(C)C[C@H](NC(=O)N1CC(=O)Nc2ccccc21)C(=O)N[C@@H](C)C(=O)[O-]. The Balaban J connectivity index is 2.17. The van der Waals surface area contributed by atoms with Gasteiger partial charge in [0, 0.05) is 0 Å². The lowest BCUT2D eigenvalue weighted by molar-refractivity contribution is -0.307. The number of fused-ring (bicyclic) bond motifs is 1. The summed E-state index contributed by atoms with van der Waals surface area (Å²) >= 11 is 0. The molecule has 2 rings (SSSR count). The molecule has 0 bridgehead atoms. The van der Waals surface area contributed by atoms with E-state index in [4.69, 9.17) is 0 Å². The highest BCUT2D eigenvalue weighted by Crippen LogP contribution is 2.28. The van der Waals surface area contributed by atoms with Crippen LogP contribution in [0.4, 0.5) is 16.2 Å². The molecule has 0 radical (unpaired) electrons. The maximum absolute atomic E-state index is 12.7. The van der Waals surface area contributed by atoms with Gasteiger partial charge in [0.2, 0.25) is 11.8 Å². The van der Waals surface area contributed by atoms with Gasteiger partial charge in [0.1, 0.15) is 12.6 Å². The fraction of sp³-hybridized carbons (Fsp3) is 0.444. The van der Waals surface area contributed by atoms with Gasteiger partial charge < -0.3 is 25.9 Å². The van der Waals surface area contributed by atoms with Crippen LogP contribution in [0.3, 0.4) is 0 Å². The van der Waals surface area contributed by atoms with Gasteiger partial charge in [-0.05, 0) is 31.4 Å². The fourth-order valence-corrected chi connectivity index (χ4v) is 2.72. The van der Waals surface area contributed by atoms with E-state index in [-0.39, 0.29) is 18.4 Å². The third-order valence-corrected chi connectivity index (χ3v) is 4.05. The molecule has 9 nitrogen and oxygen atoms in total. The number of para-hydroxylation sites is 2. The summed E-state index contributed by atoms with van der Waals surface area (Å²) in [4.78, 5) is 49.1. The predicted octanol–water partition coefficient (Wildman–Crippen LogP) is -0.176. The van der Waals surface area contributed by atoms with Crippen LogP contribution in [-0.4, -0.2) is 42.4 Å². The summed E-state index contributed by atoms with van der Waals surface area (Å²) in [7, 11) is 0. The summed E-state index contributed by atoms with van der Waals surface area (Å²) in [6.45, 7) is 4.84. The highest BCUT2D eigenvalue weighted by molar-refractivity contribution is 6.10. The van der Waals surface area contributed by atoms with E-state index < -0.39 is 30.0 Å². The molecule has 1 heterocycles. The largest absolute Gasteiger partial charge is 0.548 e. The van der Waals surface area contributed by atoms with E-state index in [1.165, 1.54) is 11.8 Å². The number of urea groups is 1. The molecule has 0 unspecified atom stereocenters. The summed E-state index contributed by atoms with van der Waals surface area (Å²) in [6.07, 6.45) is 0.305. The van der Waals surface area contributed by atoms with Gasteiger partial charge in [-0.2, -0.15) is 0 Å². The van der Waals surface area contributed by atoms with E-state index in [2.05, 4.69) is 16.0 Å². The molecule has 146 valence electrons. The molecule has 1 aliphatic rings. The number of benzene rings is 1. The quantitative estimate of drug-likeness (QED) is 0.635. The van der Waals surface area contributed by atoms with Crippen LogP contribution in [0.15, 0.2) is 24.3 Å². The molecule has 27 heavy (non-hydrogen) atoms. The third kappa shape index (κ3) is 5.19. The number of carbonyl (C=O) groups excluding carboxylic acids is 4. The normalized spacial score (nSPS) is 15.4. The number of carboxylic acid groups (broad SMARTS) is 1. The van der Waals surface area contributed by atoms with Crippen LogP contribution in [0.1, 0.15) is 27.2 Å². The molecule has 0 aromatic heterocycles. The lowest BCUT2D eigenvalue weighted by atomic mass is 10.0. The molecular formula is C18H23N4O5-. The first-order valence-corrected chi connectivity index (χ1v) is 8.67. The Hall–Kier alpha value is -3.10. The van der Waals surface area contributed by atoms with Crippen molar-refractivity contribution in [2.45, 2.75) is 39.3 Å². The molecule has 0 saturated heterocycles. The molecule has 1 aliphatic heterocycles. The van der Waals surface area contributed by atoms with Crippen LogP contribution in [0, 0.1) is 5.92 Å². The van der Waals surface area contributed by atoms with Gasteiger partial charge in [-0.1, -0.05) is 26.0 Å². The van der Waals surface area contributed by atoms with Gasteiger partial charge in [-0.3, -0.25) is 14.5 Å². The average Bonchev–Trinajstić information content (AvgIpc) is 2.59. The van der Waals surface area contributed by atoms with Crippen LogP contribution >= 0.6 is 0 Å². The zero-order valence-corrected chi connectivity index (χ0v) is 15.4. The van der Waals surface area contributed by atoms with Crippen LogP contribution in [0.5, 0.6) is 0 Å². The topological polar surface area (TPSA) is 131 Å². The second-order valence-electron chi connectivity index (χ2n) is 6.83. The summed E-state index contributed by atoms with van der Waals surface area (Å²) in [6, 6.07) is 4.07. The molecule has 0 saturated carbocycles. The summed E-state index contributed by atoms with van der Waals surface area (Å²) in [5.41, 5.74) is 1.01. The number of hydrogen-bond donors (Lipinski definition) is 3. The fourth-order valence-electron chi connectivity index (χ4n) is 2.72. The van der Waals surface area contributed by atoms with E-state index in [0.29, 0.717) is 17.8 Å². The lowest BCUT2D eigenvalue weighted by Crippen LogP contribution is -2.56. The zero-order chi connectivity index (χ0) is 20.1. The number of carboxylic acids is 1. The average molecular weight is 375 g/mol. The molecule has 1 aromatic carbocycles. The summed E-state index contributed by atoms with van der Waals surface area (Å²) in [5, 5.41) is 18.4. The Labute approximate surface area is 157 Å². The van der Waals surface area contributed by atoms with Crippen molar-refractivity contribution in [3.05, 3.63) is 24.3 Å². The number of carbonyl (C=O) groups is 4. The molecule has 0 spiro atoms. The van der Waals surface area contributed by atoms with Gasteiger partial charge in [0.25, 0.3) is 0 Å². The van der Waals surface area contributed by atoms with E-state index in [1.54, 1.807) is 24.3 Å². The number of nitrogens with zero attached hydrogens (tertiary/aromatic N) is 1. The highest BCUT2D eigenvalue weighted by atomic mass is 16.4. The Morgan fingerprint density at radius 3 is 2.48 bits per heavy atom. The number of aliphatic carboxylic acids is 1. The van der Waals surface area contributed by atoms with Gasteiger partial charge in [0.15, 0.2) is 0 Å². The van der Waals surface area contributed by atoms with E-state index in [1.807, 2.05) is 13.8 Å². The monoisotopic (exact) mass is 375 g/mol. The molecule has 3 N–H and O–H groups in total. The predicted molar refractivity (Wildman–Crippen MR) is 96.8 cm³/mol. The number of nitrogens with one attached hydrogen (secondary N) is 3. The molecule has 4 amide bonds. The molecule has 0 aliphatic carbocycles. The minimum atomic E-state index is -1.42. The smallest absolute Gasteiger partial charge is 0.323 e. The summed E-state index contributed by atoms with van der Waals surface area (Å²) < 4.78 is 0. The standard InChI is InChI=1S/C18H24N4O5/c1-10(2)8-13(16(24)19-11(3)17(25)26)21-18(27)22-9-15(23)20-12-6-4-5-7-14(12)22/h4-7,10-11,13H,8-9H2,1-3H3,(H,19,24)(H,20,23)(H,21,27)(H,25,26)/p-1/t11-,13-/m0/s1. The van der Waals surface area contributed by atoms with Crippen molar-refractivity contribution >= 4 is 35.2 Å². The van der Waals surface area contributed by atoms with Crippen LogP contribution in [0.25, 0.3) is 0 Å². The zero-order valence-electron chi connectivity index (χ0n) is 15.4. The second-order valence-corrected chi connectivity index (χ2v) is 6.83. The Morgan fingerprint density at radius 1 is 1.19 bits per heavy atom. The van der Waals surface area contributed by atoms with Crippen molar-refractivity contribution in [3.63, 3.8) is 0 Å². The summed E-state index contributed by atoms with van der Waals surface area (Å²) in [5.74, 6) is -2.32. The van der Waals surface area contributed by atoms with E-state index in [0.717, 1.165) is 0 Å². The van der Waals surface area contributed by atoms with Crippen molar-refractivity contribution in [2.24, 2.45) is 5.92 Å². The minimum absolute atomic E-state index is 0.0660. The number of amides is 4. The molecular weight excluding hydrogens is 352 g/mol. The van der Waals surface area contributed by atoms with Crippen molar-refractivity contribution in [2.75, 3.05) is 16.8 Å². The van der Waals surface area contributed by atoms with Crippen molar-refractivity contribution in [1.82, 2.24) is 10.6 Å². The van der Waals surface area contributed by atoms with Gasteiger partial charge in [-0.25, -0.2) is 4.79 Å². The van der Waals surface area contributed by atoms with Crippen molar-refractivity contribution in [1.29, 1.82) is 0 Å². The highest BCUT2D eigenvalue weighted by Gasteiger charge is 2.30. The van der Waals surface area contributed by atoms with Crippen molar-refractivity contribution < 1.29 is 24.3 Å². The minimum Gasteiger partial charge on any atom is -0.548 e. The third-order valence-electron chi connectivity index (χ3n) is 4.05.